The highest BCUT2D eigenvalue weighted by Crippen LogP contribution is 2.20. The fourth-order valence-electron chi connectivity index (χ4n) is 3.08. The summed E-state index contributed by atoms with van der Waals surface area (Å²) in [5.41, 5.74) is 1.000. The zero-order chi connectivity index (χ0) is 21.6. The van der Waals surface area contributed by atoms with E-state index >= 15 is 0 Å². The van der Waals surface area contributed by atoms with Gasteiger partial charge in [-0.2, -0.15) is 4.31 Å². The average molecular weight is 433 g/mol. The number of sulfonamides is 1. The lowest BCUT2D eigenvalue weighted by atomic mass is 10.1. The predicted molar refractivity (Wildman–Crippen MR) is 111 cm³/mol. The van der Waals surface area contributed by atoms with Crippen LogP contribution >= 0.6 is 0 Å². The first-order chi connectivity index (χ1) is 14.4. The molecule has 160 valence electrons. The van der Waals surface area contributed by atoms with Gasteiger partial charge in [0.05, 0.1) is 29.2 Å². The molecule has 0 saturated carbocycles. The third-order valence-electron chi connectivity index (χ3n) is 4.58. The molecule has 1 amide bonds. The third kappa shape index (κ3) is 5.21. The summed E-state index contributed by atoms with van der Waals surface area (Å²) in [5.74, 6) is -0.909. The fraction of sp³-hybridized carbons (Fsp3) is 0.350. The molecule has 0 bridgehead atoms. The number of anilines is 1. The smallest absolute Gasteiger partial charge is 0.311 e. The van der Waals surface area contributed by atoms with Gasteiger partial charge in [-0.25, -0.2) is 8.42 Å². The molecule has 30 heavy (non-hydrogen) atoms. The van der Waals surface area contributed by atoms with E-state index in [2.05, 4.69) is 15.6 Å². The molecule has 0 radical (unpaired) electrons. The van der Waals surface area contributed by atoms with Crippen LogP contribution in [0.3, 0.4) is 0 Å². The molecule has 0 aliphatic carbocycles. The zero-order valence-corrected chi connectivity index (χ0v) is 17.4. The van der Waals surface area contributed by atoms with Gasteiger partial charge in [-0.15, -0.1) is 0 Å². The summed E-state index contributed by atoms with van der Waals surface area (Å²) < 4.78 is 31.8. The molecule has 9 nitrogen and oxygen atoms in total. The molecule has 1 fully saturated rings. The van der Waals surface area contributed by atoms with Crippen molar-refractivity contribution in [2.75, 3.05) is 38.1 Å². The van der Waals surface area contributed by atoms with Gasteiger partial charge in [0.2, 0.25) is 10.0 Å². The lowest BCUT2D eigenvalue weighted by Gasteiger charge is -2.26. The van der Waals surface area contributed by atoms with Crippen molar-refractivity contribution in [3.8, 4) is 0 Å². The minimum Gasteiger partial charge on any atom is -0.466 e. The van der Waals surface area contributed by atoms with Crippen molar-refractivity contribution in [2.45, 2.75) is 18.2 Å². The van der Waals surface area contributed by atoms with Crippen molar-refractivity contribution in [3.63, 3.8) is 0 Å². The summed E-state index contributed by atoms with van der Waals surface area (Å²) in [5, 5.41) is 5.83. The maximum absolute atomic E-state index is 12.7. The van der Waals surface area contributed by atoms with E-state index in [0.717, 1.165) is 0 Å². The Labute approximate surface area is 175 Å². The molecule has 2 heterocycles. The number of amides is 1. The van der Waals surface area contributed by atoms with Crippen molar-refractivity contribution < 1.29 is 22.7 Å². The second-order valence-electron chi connectivity index (χ2n) is 6.61. The van der Waals surface area contributed by atoms with Crippen LogP contribution in [0.1, 0.15) is 23.0 Å². The van der Waals surface area contributed by atoms with E-state index in [1.807, 2.05) is 0 Å². The van der Waals surface area contributed by atoms with Gasteiger partial charge in [0.15, 0.2) is 0 Å². The Morgan fingerprint density at radius 1 is 1.17 bits per heavy atom. The van der Waals surface area contributed by atoms with Gasteiger partial charge in [0.25, 0.3) is 5.91 Å². The molecule has 0 spiro atoms. The summed E-state index contributed by atoms with van der Waals surface area (Å²) in [6.45, 7) is 4.03. The molecule has 2 aromatic rings. The first kappa shape index (κ1) is 21.9. The number of pyridine rings is 1. The lowest BCUT2D eigenvalue weighted by molar-refractivity contribution is -0.142. The first-order valence-electron chi connectivity index (χ1n) is 9.63. The monoisotopic (exact) mass is 432 g/mol. The average Bonchev–Trinajstić information content (AvgIpc) is 2.75. The van der Waals surface area contributed by atoms with Crippen molar-refractivity contribution in [1.29, 1.82) is 0 Å². The quantitative estimate of drug-likeness (QED) is 0.628. The van der Waals surface area contributed by atoms with E-state index in [4.69, 9.17) is 4.74 Å². The Hall–Kier alpha value is -2.82. The molecule has 1 aromatic heterocycles. The first-order valence-corrected chi connectivity index (χ1v) is 11.1. The second kappa shape index (κ2) is 9.79. The Kier molecular flexibility index (Phi) is 7.14. The number of nitrogens with zero attached hydrogens (tertiary/aromatic N) is 2. The van der Waals surface area contributed by atoms with E-state index < -0.39 is 21.9 Å². The zero-order valence-electron chi connectivity index (χ0n) is 16.6. The Balaban J connectivity index is 1.72. The molecule has 3 rings (SSSR count). The summed E-state index contributed by atoms with van der Waals surface area (Å²) in [6.07, 6.45) is 1.39. The van der Waals surface area contributed by atoms with Crippen molar-refractivity contribution >= 4 is 27.6 Å². The van der Waals surface area contributed by atoms with Crippen LogP contribution in [0, 0.1) is 0 Å². The summed E-state index contributed by atoms with van der Waals surface area (Å²) >= 11 is 0. The van der Waals surface area contributed by atoms with Gasteiger partial charge < -0.3 is 15.4 Å². The van der Waals surface area contributed by atoms with Crippen LogP contribution in [0.25, 0.3) is 0 Å². The van der Waals surface area contributed by atoms with Crippen LogP contribution < -0.4 is 10.6 Å². The molecule has 1 aliphatic heterocycles. The van der Waals surface area contributed by atoms with Crippen molar-refractivity contribution in [1.82, 2.24) is 14.6 Å². The third-order valence-corrected chi connectivity index (χ3v) is 6.49. The molecule has 1 saturated heterocycles. The van der Waals surface area contributed by atoms with Crippen molar-refractivity contribution in [3.05, 3.63) is 53.9 Å². The summed E-state index contributed by atoms with van der Waals surface area (Å²) in [7, 11) is -3.57. The Morgan fingerprint density at radius 2 is 1.87 bits per heavy atom. The molecule has 10 heteroatoms. The minimum atomic E-state index is -3.57. The van der Waals surface area contributed by atoms with E-state index in [1.165, 1.54) is 34.8 Å². The number of ether oxygens (including phenoxy) is 1. The molecule has 0 atom stereocenters. The number of nitrogens with one attached hydrogen (secondary N) is 2. The van der Waals surface area contributed by atoms with Crippen LogP contribution in [-0.4, -0.2) is 62.4 Å². The second-order valence-corrected chi connectivity index (χ2v) is 8.55. The molecule has 1 aromatic carbocycles. The van der Waals surface area contributed by atoms with Gasteiger partial charge in [0.1, 0.15) is 0 Å². The van der Waals surface area contributed by atoms with Crippen LogP contribution in [0.2, 0.25) is 0 Å². The lowest BCUT2D eigenvalue weighted by Crippen LogP contribution is -2.46. The van der Waals surface area contributed by atoms with E-state index in [1.54, 1.807) is 19.1 Å². The summed E-state index contributed by atoms with van der Waals surface area (Å²) in [4.78, 5) is 28.7. The van der Waals surface area contributed by atoms with Gasteiger partial charge in [-0.1, -0.05) is 0 Å². The maximum Gasteiger partial charge on any atom is 0.311 e. The normalized spacial score (nSPS) is 14.8. The van der Waals surface area contributed by atoms with Gasteiger partial charge >= 0.3 is 5.97 Å². The van der Waals surface area contributed by atoms with E-state index in [9.17, 15) is 18.0 Å². The molecule has 1 aliphatic rings. The number of aromatic nitrogens is 1. The number of piperazine rings is 1. The Morgan fingerprint density at radius 3 is 2.53 bits per heavy atom. The molecule has 0 unspecified atom stereocenters. The number of rotatable bonds is 7. The summed E-state index contributed by atoms with van der Waals surface area (Å²) in [6, 6.07) is 9.18. The minimum absolute atomic E-state index is 0.112. The highest BCUT2D eigenvalue weighted by atomic mass is 32.2. The topological polar surface area (TPSA) is 118 Å². The number of carbonyl (C=O) groups is 2. The van der Waals surface area contributed by atoms with Crippen LogP contribution in [0.4, 0.5) is 5.69 Å². The highest BCUT2D eigenvalue weighted by molar-refractivity contribution is 7.89. The van der Waals surface area contributed by atoms with Crippen LogP contribution in [0.5, 0.6) is 0 Å². The number of carbonyl (C=O) groups excluding carboxylic acids is 2. The molecular weight excluding hydrogens is 408 g/mol. The number of hydrogen-bond acceptors (Lipinski definition) is 7. The SMILES string of the molecule is CCOC(=O)Cc1ncccc1C(=O)Nc1ccc(S(=O)(=O)N2CCNCC2)cc1. The van der Waals surface area contributed by atoms with Crippen LogP contribution in [0.15, 0.2) is 47.5 Å². The fourth-order valence-corrected chi connectivity index (χ4v) is 4.52. The molecule has 2 N–H and O–H groups in total. The van der Waals surface area contributed by atoms with E-state index in [0.29, 0.717) is 37.6 Å². The standard InChI is InChI=1S/C20H24N4O5S/c1-2-29-19(25)14-18-17(4-3-9-22-18)20(26)23-15-5-7-16(8-6-15)30(27,28)24-12-10-21-11-13-24/h3-9,21H,2,10-14H2,1H3,(H,23,26). The highest BCUT2D eigenvalue weighted by Gasteiger charge is 2.25. The van der Waals surface area contributed by atoms with Gasteiger partial charge in [-0.05, 0) is 43.3 Å². The predicted octanol–water partition coefficient (Wildman–Crippen LogP) is 1.03. The number of esters is 1. The number of hydrogen-bond donors (Lipinski definition) is 2. The molecular formula is C20H24N4O5S. The maximum atomic E-state index is 12.7. The Bertz CT molecular complexity index is 1000. The van der Waals surface area contributed by atoms with Crippen LogP contribution in [-0.2, 0) is 26.0 Å². The van der Waals surface area contributed by atoms with E-state index in [-0.39, 0.29) is 23.5 Å². The largest absolute Gasteiger partial charge is 0.466 e. The number of benzene rings is 1. The van der Waals surface area contributed by atoms with Crippen molar-refractivity contribution in [2.24, 2.45) is 0 Å². The van der Waals surface area contributed by atoms with Gasteiger partial charge in [0, 0.05) is 38.1 Å². The van der Waals surface area contributed by atoms with Gasteiger partial charge in [-0.3, -0.25) is 14.6 Å².